The summed E-state index contributed by atoms with van der Waals surface area (Å²) in [7, 11) is 0. The third kappa shape index (κ3) is 9.05. The topological polar surface area (TPSA) is 126 Å². The molecule has 0 aliphatic rings. The number of thiophene rings is 1. The first-order valence-electron chi connectivity index (χ1n) is 15.0. The fraction of sp³-hybridized carbons (Fsp3) is 0.108. The van der Waals surface area contributed by atoms with Crippen molar-refractivity contribution in [2.75, 3.05) is 23.0 Å². The maximum Gasteiger partial charge on any atom is 0.341 e. The molecule has 0 saturated carbocycles. The summed E-state index contributed by atoms with van der Waals surface area (Å²) >= 11 is 2.54. The minimum Gasteiger partial charge on any atom is -0.462 e. The average Bonchev–Trinajstić information content (AvgIpc) is 3.51. The molecule has 0 spiro atoms. The summed E-state index contributed by atoms with van der Waals surface area (Å²) in [5, 5.41) is 10.7. The highest BCUT2D eigenvalue weighted by Crippen LogP contribution is 2.36. The lowest BCUT2D eigenvalue weighted by Crippen LogP contribution is -2.30. The molecule has 0 atom stereocenters. The van der Waals surface area contributed by atoms with Crippen LogP contribution in [0.25, 0.3) is 17.2 Å². The van der Waals surface area contributed by atoms with E-state index in [2.05, 4.69) is 20.9 Å². The fourth-order valence-electron chi connectivity index (χ4n) is 4.55. The van der Waals surface area contributed by atoms with Crippen LogP contribution in [0.15, 0.2) is 119 Å². The molecule has 0 aliphatic heterocycles. The first-order valence-corrected chi connectivity index (χ1v) is 16.8. The molecule has 242 valence electrons. The van der Waals surface area contributed by atoms with Crippen LogP contribution in [0.2, 0.25) is 0 Å². The van der Waals surface area contributed by atoms with E-state index in [-0.39, 0.29) is 24.0 Å². The van der Waals surface area contributed by atoms with Crippen molar-refractivity contribution in [2.45, 2.75) is 18.7 Å². The van der Waals surface area contributed by atoms with Gasteiger partial charge in [0.2, 0.25) is 5.91 Å². The molecule has 0 saturated heterocycles. The third-order valence-corrected chi connectivity index (χ3v) is 8.76. The van der Waals surface area contributed by atoms with E-state index >= 15 is 0 Å². The number of benzene rings is 3. The van der Waals surface area contributed by atoms with Crippen molar-refractivity contribution in [2.24, 2.45) is 0 Å². The number of carbonyl (C=O) groups is 4. The van der Waals surface area contributed by atoms with Crippen molar-refractivity contribution in [3.8, 4) is 11.1 Å². The fourth-order valence-corrected chi connectivity index (χ4v) is 6.27. The number of hydrogen-bond acceptors (Lipinski definition) is 8. The number of hydrogen-bond donors (Lipinski definition) is 3. The van der Waals surface area contributed by atoms with E-state index < -0.39 is 17.8 Å². The number of anilines is 2. The van der Waals surface area contributed by atoms with Crippen LogP contribution in [0.5, 0.6) is 0 Å². The van der Waals surface area contributed by atoms with Crippen molar-refractivity contribution in [3.05, 3.63) is 137 Å². The number of nitrogens with zero attached hydrogens (tertiary/aromatic N) is 1. The lowest BCUT2D eigenvalue weighted by molar-refractivity contribution is -0.114. The number of rotatable bonds is 12. The standard InChI is InChI=1S/C37H32N4O5S2/c1-3-46-37(45)33-30(26-16-14-24(2)15-17-26)22-48-36(33)41-32(42)23-47-29-13-7-12-28(20-29)39-35(44)31(19-25-9-8-18-38-21-25)40-34(43)27-10-5-4-6-11-27/h4-22H,3,23H2,1-2H3,(H,39,44)(H,40,43)(H,41,42)/b31-19-. The Morgan fingerprint density at radius 1 is 0.917 bits per heavy atom. The number of ether oxygens (including phenoxy) is 1. The third-order valence-electron chi connectivity index (χ3n) is 6.87. The second-order valence-corrected chi connectivity index (χ2v) is 12.4. The van der Waals surface area contributed by atoms with Gasteiger partial charge in [0.05, 0.1) is 12.4 Å². The molecule has 2 aromatic heterocycles. The van der Waals surface area contributed by atoms with Crippen LogP contribution < -0.4 is 16.0 Å². The Balaban J connectivity index is 1.26. The van der Waals surface area contributed by atoms with E-state index in [9.17, 15) is 19.2 Å². The summed E-state index contributed by atoms with van der Waals surface area (Å²) in [4.78, 5) is 57.1. The molecule has 5 aromatic rings. The monoisotopic (exact) mass is 676 g/mol. The molecule has 48 heavy (non-hydrogen) atoms. The predicted molar refractivity (Wildman–Crippen MR) is 191 cm³/mol. The van der Waals surface area contributed by atoms with Gasteiger partial charge in [-0.05, 0) is 67.4 Å². The number of amides is 3. The van der Waals surface area contributed by atoms with Crippen molar-refractivity contribution < 1.29 is 23.9 Å². The van der Waals surface area contributed by atoms with Crippen molar-refractivity contribution in [1.82, 2.24) is 10.3 Å². The van der Waals surface area contributed by atoms with Crippen LogP contribution in [0.1, 0.15) is 38.8 Å². The maximum absolute atomic E-state index is 13.4. The van der Waals surface area contributed by atoms with E-state index in [1.165, 1.54) is 23.1 Å². The van der Waals surface area contributed by atoms with Crippen molar-refractivity contribution in [3.63, 3.8) is 0 Å². The van der Waals surface area contributed by atoms with Crippen molar-refractivity contribution in [1.29, 1.82) is 0 Å². The molecule has 9 nitrogen and oxygen atoms in total. The normalized spacial score (nSPS) is 11.0. The van der Waals surface area contributed by atoms with Crippen molar-refractivity contribution >= 4 is 63.6 Å². The molecule has 0 bridgehead atoms. The molecule has 0 unspecified atom stereocenters. The average molecular weight is 677 g/mol. The number of pyridine rings is 1. The van der Waals surface area contributed by atoms with E-state index in [1.54, 1.807) is 86.1 Å². The van der Waals surface area contributed by atoms with E-state index in [0.717, 1.165) is 16.0 Å². The zero-order chi connectivity index (χ0) is 33.9. The molecule has 5 rings (SSSR count). The second kappa shape index (κ2) is 16.3. The summed E-state index contributed by atoms with van der Waals surface area (Å²) in [5.41, 5.74) is 4.51. The Bertz CT molecular complexity index is 1940. The Morgan fingerprint density at radius 3 is 2.44 bits per heavy atom. The van der Waals surface area contributed by atoms with E-state index in [1.807, 2.05) is 42.6 Å². The number of carbonyl (C=O) groups excluding carboxylic acids is 4. The summed E-state index contributed by atoms with van der Waals surface area (Å²) in [5.74, 6) is -1.72. The summed E-state index contributed by atoms with van der Waals surface area (Å²) in [6, 6.07) is 26.9. The second-order valence-electron chi connectivity index (χ2n) is 10.4. The Labute approximate surface area is 286 Å². The maximum atomic E-state index is 13.4. The molecule has 0 radical (unpaired) electrons. The summed E-state index contributed by atoms with van der Waals surface area (Å²) in [6.07, 6.45) is 4.75. The quantitative estimate of drug-likeness (QED) is 0.0713. The molecular formula is C37H32N4O5S2. The van der Waals surface area contributed by atoms with Gasteiger partial charge in [0.1, 0.15) is 16.3 Å². The van der Waals surface area contributed by atoms with Gasteiger partial charge in [-0.1, -0.05) is 60.2 Å². The van der Waals surface area contributed by atoms with Crippen LogP contribution in [-0.2, 0) is 14.3 Å². The summed E-state index contributed by atoms with van der Waals surface area (Å²) < 4.78 is 5.31. The summed E-state index contributed by atoms with van der Waals surface area (Å²) in [6.45, 7) is 3.93. The van der Waals surface area contributed by atoms with Crippen LogP contribution in [0, 0.1) is 6.92 Å². The number of aryl methyl sites for hydroxylation is 1. The van der Waals surface area contributed by atoms with Gasteiger partial charge >= 0.3 is 5.97 Å². The van der Waals surface area contributed by atoms with Gasteiger partial charge in [0, 0.05) is 39.5 Å². The first kappa shape index (κ1) is 33.8. The molecule has 3 N–H and O–H groups in total. The van der Waals surface area contributed by atoms with Gasteiger partial charge in [-0.3, -0.25) is 19.4 Å². The molecular weight excluding hydrogens is 645 g/mol. The smallest absolute Gasteiger partial charge is 0.341 e. The van der Waals surface area contributed by atoms with Gasteiger partial charge in [-0.2, -0.15) is 0 Å². The largest absolute Gasteiger partial charge is 0.462 e. The molecule has 0 aliphatic carbocycles. The molecule has 2 heterocycles. The van der Waals surface area contributed by atoms with Crippen LogP contribution >= 0.6 is 23.1 Å². The van der Waals surface area contributed by atoms with Gasteiger partial charge in [-0.25, -0.2) is 4.79 Å². The highest BCUT2D eigenvalue weighted by molar-refractivity contribution is 8.00. The SMILES string of the molecule is CCOC(=O)c1c(-c2ccc(C)cc2)csc1NC(=O)CSc1cccc(NC(=O)/C(=C/c2cccnc2)NC(=O)c2ccccc2)c1. The van der Waals surface area contributed by atoms with Crippen LogP contribution in [0.3, 0.4) is 0 Å². The molecule has 0 fully saturated rings. The zero-order valence-corrected chi connectivity index (χ0v) is 27.8. The van der Waals surface area contributed by atoms with Crippen LogP contribution in [0.4, 0.5) is 10.7 Å². The minimum atomic E-state index is -0.531. The molecule has 3 amide bonds. The molecule has 11 heteroatoms. The number of thioether (sulfide) groups is 1. The Kier molecular flexibility index (Phi) is 11.5. The van der Waals surface area contributed by atoms with Gasteiger partial charge < -0.3 is 20.7 Å². The Hall–Kier alpha value is -5.52. The first-order chi connectivity index (χ1) is 23.3. The van der Waals surface area contributed by atoms with Gasteiger partial charge in [0.15, 0.2) is 0 Å². The van der Waals surface area contributed by atoms with Crippen LogP contribution in [-0.4, -0.2) is 41.0 Å². The minimum absolute atomic E-state index is 0.0349. The molecule has 3 aromatic carbocycles. The van der Waals surface area contributed by atoms with Gasteiger partial charge in [0.25, 0.3) is 11.8 Å². The highest BCUT2D eigenvalue weighted by atomic mass is 32.2. The number of aromatic nitrogens is 1. The number of nitrogens with one attached hydrogen (secondary N) is 3. The Morgan fingerprint density at radius 2 is 1.71 bits per heavy atom. The highest BCUT2D eigenvalue weighted by Gasteiger charge is 2.23. The number of esters is 1. The predicted octanol–water partition coefficient (Wildman–Crippen LogP) is 7.44. The van der Waals surface area contributed by atoms with Gasteiger partial charge in [-0.15, -0.1) is 23.1 Å². The lowest BCUT2D eigenvalue weighted by atomic mass is 10.0. The van der Waals surface area contributed by atoms with E-state index in [0.29, 0.717) is 32.9 Å². The lowest BCUT2D eigenvalue weighted by Gasteiger charge is -2.12. The zero-order valence-electron chi connectivity index (χ0n) is 26.2. The van der Waals surface area contributed by atoms with E-state index in [4.69, 9.17) is 4.74 Å².